The van der Waals surface area contributed by atoms with Crippen molar-refractivity contribution >= 4 is 75.1 Å². The smallest absolute Gasteiger partial charge is 0.154 e. The summed E-state index contributed by atoms with van der Waals surface area (Å²) in [6, 6.07) is 57.0. The number of allylic oxidation sites excluding steroid dienone is 4. The average molecular weight is 753 g/mol. The Morgan fingerprint density at radius 3 is 1.93 bits per heavy atom. The van der Waals surface area contributed by atoms with E-state index in [1.807, 2.05) is 28.9 Å². The van der Waals surface area contributed by atoms with Crippen molar-refractivity contribution in [3.05, 3.63) is 205 Å². The Labute approximate surface area is 334 Å². The van der Waals surface area contributed by atoms with Gasteiger partial charge in [0.15, 0.2) is 5.84 Å². The lowest BCUT2D eigenvalue weighted by atomic mass is 9.98. The van der Waals surface area contributed by atoms with Gasteiger partial charge >= 0.3 is 0 Å². The summed E-state index contributed by atoms with van der Waals surface area (Å²) in [7, 11) is 0. The van der Waals surface area contributed by atoms with E-state index in [1.165, 1.54) is 73.7 Å². The number of fused-ring (bicyclic) bond motifs is 6. The third kappa shape index (κ3) is 6.75. The highest BCUT2D eigenvalue weighted by molar-refractivity contribution is 7.26. The van der Waals surface area contributed by atoms with Gasteiger partial charge in [-0.3, -0.25) is 4.99 Å². The Bertz CT molecular complexity index is 3050. The highest BCUT2D eigenvalue weighted by Crippen LogP contribution is 2.39. The molecule has 0 spiro atoms. The standard InChI is InChI=1S/C52H36N2S2/c1-2-5-12-35(11-4-1)33-53-52(40-25-23-39(24-26-40)41-27-29-48-45(31-41)44-16-8-9-17-47(44)55-48)54-34-43-15-10-18-50-51(43)46-32-42(28-30-49(46)56-50)38-21-19-37(20-22-38)36-13-6-3-7-14-36/h1,3-32,34H,2,33H2. The van der Waals surface area contributed by atoms with Crippen molar-refractivity contribution in [2.24, 2.45) is 9.98 Å². The van der Waals surface area contributed by atoms with Gasteiger partial charge in [0.2, 0.25) is 0 Å². The molecule has 266 valence electrons. The molecule has 2 aromatic heterocycles. The first-order chi connectivity index (χ1) is 27.7. The van der Waals surface area contributed by atoms with Gasteiger partial charge in [0.05, 0.1) is 6.54 Å². The van der Waals surface area contributed by atoms with E-state index in [0.29, 0.717) is 12.4 Å². The van der Waals surface area contributed by atoms with Crippen molar-refractivity contribution in [2.75, 3.05) is 6.54 Å². The maximum atomic E-state index is 5.16. The van der Waals surface area contributed by atoms with Gasteiger partial charge in [0.25, 0.3) is 0 Å². The molecule has 0 saturated heterocycles. The highest BCUT2D eigenvalue weighted by Gasteiger charge is 2.12. The maximum Gasteiger partial charge on any atom is 0.154 e. The van der Waals surface area contributed by atoms with Gasteiger partial charge in [0, 0.05) is 57.7 Å². The van der Waals surface area contributed by atoms with Crippen LogP contribution < -0.4 is 0 Å². The van der Waals surface area contributed by atoms with Crippen molar-refractivity contribution in [3.8, 4) is 33.4 Å². The molecule has 4 heteroatoms. The zero-order valence-electron chi connectivity index (χ0n) is 30.6. The molecule has 0 saturated carbocycles. The molecule has 9 aromatic rings. The van der Waals surface area contributed by atoms with Crippen molar-refractivity contribution in [1.82, 2.24) is 0 Å². The second-order valence-electron chi connectivity index (χ2n) is 14.1. The van der Waals surface area contributed by atoms with Crippen molar-refractivity contribution < 1.29 is 0 Å². The zero-order chi connectivity index (χ0) is 37.3. The fourth-order valence-corrected chi connectivity index (χ4v) is 9.78. The summed E-state index contributed by atoms with van der Waals surface area (Å²) in [5.74, 6) is 0.717. The molecule has 7 aromatic carbocycles. The molecule has 1 aliphatic carbocycles. The highest BCUT2D eigenvalue weighted by atomic mass is 32.1. The molecule has 2 nitrogen and oxygen atoms in total. The predicted molar refractivity (Wildman–Crippen MR) is 245 cm³/mol. The topological polar surface area (TPSA) is 24.7 Å². The molecule has 10 rings (SSSR count). The number of hydrogen-bond donors (Lipinski definition) is 0. The second-order valence-corrected chi connectivity index (χ2v) is 16.2. The maximum absolute atomic E-state index is 5.16. The van der Waals surface area contributed by atoms with Crippen LogP contribution in [0.1, 0.15) is 17.5 Å². The Balaban J connectivity index is 1.000. The Kier molecular flexibility index (Phi) is 9.12. The van der Waals surface area contributed by atoms with Crippen molar-refractivity contribution in [2.45, 2.75) is 6.42 Å². The number of aliphatic imine (C=N–C) groups is 2. The summed E-state index contributed by atoms with van der Waals surface area (Å²) in [6.07, 6.45) is 13.7. The fraction of sp³-hybridized carbons (Fsp3) is 0.0385. The van der Waals surface area contributed by atoms with Gasteiger partial charge in [-0.2, -0.15) is 0 Å². The molecule has 0 fully saturated rings. The number of amidine groups is 1. The summed E-state index contributed by atoms with van der Waals surface area (Å²) >= 11 is 3.68. The van der Waals surface area contributed by atoms with E-state index in [-0.39, 0.29) is 0 Å². The van der Waals surface area contributed by atoms with Crippen LogP contribution in [-0.2, 0) is 0 Å². The largest absolute Gasteiger partial charge is 0.261 e. The minimum Gasteiger partial charge on any atom is -0.261 e. The fourth-order valence-electron chi connectivity index (χ4n) is 7.58. The molecule has 0 amide bonds. The number of nitrogens with zero attached hydrogens (tertiary/aromatic N) is 2. The molecular weight excluding hydrogens is 717 g/mol. The van der Waals surface area contributed by atoms with Gasteiger partial charge < -0.3 is 0 Å². The molecule has 0 aliphatic heterocycles. The summed E-state index contributed by atoms with van der Waals surface area (Å²) in [5, 5.41) is 5.09. The van der Waals surface area contributed by atoms with Gasteiger partial charge in [-0.05, 0) is 81.8 Å². The van der Waals surface area contributed by atoms with Crippen LogP contribution in [-0.4, -0.2) is 18.6 Å². The molecular formula is C52H36N2S2. The first kappa shape index (κ1) is 34.1. The van der Waals surface area contributed by atoms with E-state index in [9.17, 15) is 0 Å². The van der Waals surface area contributed by atoms with Crippen LogP contribution in [0, 0.1) is 0 Å². The monoisotopic (exact) mass is 752 g/mol. The molecule has 0 N–H and O–H groups in total. The Morgan fingerprint density at radius 1 is 0.518 bits per heavy atom. The first-order valence-electron chi connectivity index (χ1n) is 19.0. The predicted octanol–water partition coefficient (Wildman–Crippen LogP) is 14.7. The van der Waals surface area contributed by atoms with Gasteiger partial charge in [-0.15, -0.1) is 22.7 Å². The van der Waals surface area contributed by atoms with E-state index in [2.05, 4.69) is 188 Å². The van der Waals surface area contributed by atoms with Crippen LogP contribution in [0.3, 0.4) is 0 Å². The van der Waals surface area contributed by atoms with E-state index in [1.54, 1.807) is 0 Å². The lowest BCUT2D eigenvalue weighted by Crippen LogP contribution is -2.01. The van der Waals surface area contributed by atoms with Crippen LogP contribution in [0.4, 0.5) is 0 Å². The first-order valence-corrected chi connectivity index (χ1v) is 20.6. The van der Waals surface area contributed by atoms with Crippen LogP contribution in [0.2, 0.25) is 0 Å². The average Bonchev–Trinajstić information content (AvgIpc) is 3.71. The van der Waals surface area contributed by atoms with Crippen molar-refractivity contribution in [3.63, 3.8) is 0 Å². The van der Waals surface area contributed by atoms with E-state index in [4.69, 9.17) is 9.98 Å². The quantitative estimate of drug-likeness (QED) is 0.114. The minimum atomic E-state index is 0.551. The summed E-state index contributed by atoms with van der Waals surface area (Å²) in [6.45, 7) is 0.551. The molecule has 0 atom stereocenters. The van der Waals surface area contributed by atoms with Crippen LogP contribution >= 0.6 is 22.7 Å². The zero-order valence-corrected chi connectivity index (χ0v) is 32.2. The van der Waals surface area contributed by atoms with Crippen molar-refractivity contribution in [1.29, 1.82) is 0 Å². The summed E-state index contributed by atoms with van der Waals surface area (Å²) in [4.78, 5) is 10.3. The van der Waals surface area contributed by atoms with E-state index < -0.39 is 0 Å². The third-order valence-electron chi connectivity index (χ3n) is 10.5. The molecule has 0 unspecified atom stereocenters. The number of benzene rings is 7. The normalized spacial score (nSPS) is 13.4. The SMILES string of the molecule is C1=CCC=CC(CN=C(N=Cc2cccc3sc4ccc(-c5ccc(-c6ccccc6)cc5)cc4c23)c2ccc(-c3ccc4sc5ccccc5c4c3)cc2)=C1. The molecule has 2 heterocycles. The van der Waals surface area contributed by atoms with Crippen LogP contribution in [0.5, 0.6) is 0 Å². The molecule has 0 radical (unpaired) electrons. The number of thiophene rings is 2. The van der Waals surface area contributed by atoms with Crippen LogP contribution in [0.25, 0.3) is 73.7 Å². The third-order valence-corrected chi connectivity index (χ3v) is 12.8. The molecule has 56 heavy (non-hydrogen) atoms. The lowest BCUT2D eigenvalue weighted by molar-refractivity contribution is 1.17. The second kappa shape index (κ2) is 15.0. The Morgan fingerprint density at radius 2 is 1.12 bits per heavy atom. The summed E-state index contributed by atoms with van der Waals surface area (Å²) < 4.78 is 5.15. The van der Waals surface area contributed by atoms with Gasteiger partial charge in [-0.1, -0.05) is 152 Å². The van der Waals surface area contributed by atoms with E-state index >= 15 is 0 Å². The number of rotatable bonds is 7. The lowest BCUT2D eigenvalue weighted by Gasteiger charge is -2.07. The minimum absolute atomic E-state index is 0.551. The van der Waals surface area contributed by atoms with Gasteiger partial charge in [0.1, 0.15) is 0 Å². The van der Waals surface area contributed by atoms with Crippen LogP contribution in [0.15, 0.2) is 204 Å². The Hall–Kier alpha value is -6.46. The van der Waals surface area contributed by atoms with E-state index in [0.717, 1.165) is 23.1 Å². The van der Waals surface area contributed by atoms with Gasteiger partial charge in [-0.25, -0.2) is 4.99 Å². The molecule has 1 aliphatic rings. The molecule has 0 bridgehead atoms. The summed E-state index contributed by atoms with van der Waals surface area (Å²) in [5.41, 5.74) is 10.5. The number of hydrogen-bond acceptors (Lipinski definition) is 3.